The second-order valence-electron chi connectivity index (χ2n) is 2.08. The molecule has 0 aliphatic carbocycles. The zero-order chi connectivity index (χ0) is 9.26. The average molecular weight is 199 g/mol. The molecule has 2 rings (SSSR count). The van der Waals surface area contributed by atoms with Gasteiger partial charge in [-0.1, -0.05) is 0 Å². The molecular formula is C5H3N4O3S-. The number of fused-ring (bicyclic) bond motifs is 1. The smallest absolute Gasteiger partial charge is 0.200 e. The first-order valence-electron chi connectivity index (χ1n) is 3.18. The fourth-order valence-corrected chi connectivity index (χ4v) is 1.11. The molecule has 0 spiro atoms. The topological polar surface area (TPSA) is 93.0 Å². The summed E-state index contributed by atoms with van der Waals surface area (Å²) in [5, 5.41) is 0. The second kappa shape index (κ2) is 3.07. The molecule has 0 aliphatic heterocycles. The van der Waals surface area contributed by atoms with Crippen LogP contribution in [0.4, 0.5) is 0 Å². The standard InChI is InChI=1S/C5H4N4O3S/c10-13(11)12-9-3-8-4-1-6-2-7-5(4)9/h1-3H,(H,10,11)/p-1. The summed E-state index contributed by atoms with van der Waals surface area (Å²) in [6.07, 6.45) is 3.93. The molecule has 0 saturated carbocycles. The highest BCUT2D eigenvalue weighted by molar-refractivity contribution is 7.74. The van der Waals surface area contributed by atoms with Crippen molar-refractivity contribution in [3.8, 4) is 0 Å². The Labute approximate surface area is 74.8 Å². The first-order chi connectivity index (χ1) is 6.27. The van der Waals surface area contributed by atoms with E-state index in [2.05, 4.69) is 19.2 Å². The summed E-state index contributed by atoms with van der Waals surface area (Å²) in [5.74, 6) is 0. The van der Waals surface area contributed by atoms with E-state index in [1.54, 1.807) is 0 Å². The summed E-state index contributed by atoms with van der Waals surface area (Å²) >= 11 is -2.64. The van der Waals surface area contributed by atoms with Crippen molar-refractivity contribution in [3.05, 3.63) is 18.9 Å². The summed E-state index contributed by atoms with van der Waals surface area (Å²) < 4.78 is 25.7. The van der Waals surface area contributed by atoms with Gasteiger partial charge in [0.15, 0.2) is 17.0 Å². The fourth-order valence-electron chi connectivity index (χ4n) is 0.866. The third kappa shape index (κ3) is 1.48. The van der Waals surface area contributed by atoms with Crippen LogP contribution in [-0.4, -0.2) is 28.4 Å². The third-order valence-corrected chi connectivity index (χ3v) is 1.61. The molecule has 8 heteroatoms. The monoisotopic (exact) mass is 199 g/mol. The lowest BCUT2D eigenvalue weighted by molar-refractivity contribution is 0.274. The van der Waals surface area contributed by atoms with Crippen molar-refractivity contribution < 1.29 is 13.0 Å². The molecule has 0 N–H and O–H groups in total. The van der Waals surface area contributed by atoms with Gasteiger partial charge in [0, 0.05) is 0 Å². The number of rotatable bonds is 2. The normalized spacial score (nSPS) is 13.0. The predicted molar refractivity (Wildman–Crippen MR) is 40.8 cm³/mol. The van der Waals surface area contributed by atoms with Gasteiger partial charge in [0.2, 0.25) is 0 Å². The molecule has 1 atom stereocenters. The van der Waals surface area contributed by atoms with Crippen molar-refractivity contribution in [2.24, 2.45) is 0 Å². The third-order valence-electron chi connectivity index (χ3n) is 1.32. The van der Waals surface area contributed by atoms with Gasteiger partial charge in [0.25, 0.3) is 0 Å². The Morgan fingerprint density at radius 2 is 2.38 bits per heavy atom. The molecule has 13 heavy (non-hydrogen) atoms. The molecule has 2 aromatic heterocycles. The predicted octanol–water partition coefficient (Wildman–Crippen LogP) is -0.951. The van der Waals surface area contributed by atoms with E-state index in [1.807, 2.05) is 0 Å². The van der Waals surface area contributed by atoms with Gasteiger partial charge in [-0.15, -0.1) is 4.73 Å². The molecule has 68 valence electrons. The van der Waals surface area contributed by atoms with Gasteiger partial charge >= 0.3 is 0 Å². The molecule has 2 heterocycles. The van der Waals surface area contributed by atoms with Gasteiger partial charge in [-0.2, -0.15) is 0 Å². The van der Waals surface area contributed by atoms with Crippen molar-refractivity contribution in [2.45, 2.75) is 0 Å². The minimum atomic E-state index is -2.64. The Bertz CT molecular complexity index is 456. The van der Waals surface area contributed by atoms with Gasteiger partial charge < -0.3 is 8.84 Å². The maximum atomic E-state index is 10.2. The van der Waals surface area contributed by atoms with Crippen LogP contribution in [0.2, 0.25) is 0 Å². The van der Waals surface area contributed by atoms with E-state index in [9.17, 15) is 8.76 Å². The molecule has 2 aromatic rings. The minimum absolute atomic E-state index is 0.305. The summed E-state index contributed by atoms with van der Waals surface area (Å²) in [4.78, 5) is 11.3. The van der Waals surface area contributed by atoms with E-state index >= 15 is 0 Å². The molecule has 0 bridgehead atoms. The van der Waals surface area contributed by atoms with Crippen LogP contribution in [0.15, 0.2) is 18.9 Å². The van der Waals surface area contributed by atoms with E-state index in [-0.39, 0.29) is 0 Å². The van der Waals surface area contributed by atoms with Gasteiger partial charge in [-0.05, 0) is 0 Å². The summed E-state index contributed by atoms with van der Waals surface area (Å²) in [6.45, 7) is 0. The van der Waals surface area contributed by atoms with Crippen LogP contribution in [-0.2, 0) is 11.4 Å². The SMILES string of the molecule is O=S([O-])On1cnc2cncnc21. The quantitative estimate of drug-likeness (QED) is 0.579. The van der Waals surface area contributed by atoms with Crippen LogP contribution in [0.1, 0.15) is 0 Å². The van der Waals surface area contributed by atoms with E-state index in [0.29, 0.717) is 11.2 Å². The van der Waals surface area contributed by atoms with Crippen molar-refractivity contribution in [1.29, 1.82) is 0 Å². The molecular weight excluding hydrogens is 196 g/mol. The van der Waals surface area contributed by atoms with Crippen LogP contribution < -0.4 is 4.28 Å². The summed E-state index contributed by atoms with van der Waals surface area (Å²) in [5.41, 5.74) is 0.771. The molecule has 0 fully saturated rings. The van der Waals surface area contributed by atoms with Gasteiger partial charge in [0.1, 0.15) is 18.2 Å². The zero-order valence-electron chi connectivity index (χ0n) is 6.15. The minimum Gasteiger partial charge on any atom is -0.738 e. The highest BCUT2D eigenvalue weighted by Crippen LogP contribution is 2.04. The van der Waals surface area contributed by atoms with Gasteiger partial charge in [-0.3, -0.25) is 0 Å². The fraction of sp³-hybridized carbons (Fsp3) is 0. The van der Waals surface area contributed by atoms with Crippen LogP contribution in [0.3, 0.4) is 0 Å². The van der Waals surface area contributed by atoms with E-state index < -0.39 is 11.4 Å². The molecule has 0 saturated heterocycles. The van der Waals surface area contributed by atoms with Crippen LogP contribution >= 0.6 is 0 Å². The second-order valence-corrected chi connectivity index (χ2v) is 2.64. The number of nitrogens with zero attached hydrogens (tertiary/aromatic N) is 4. The van der Waals surface area contributed by atoms with E-state index in [4.69, 9.17) is 0 Å². The summed E-state index contributed by atoms with van der Waals surface area (Å²) in [6, 6.07) is 0. The average Bonchev–Trinajstić information content (AvgIpc) is 2.48. The maximum Gasteiger partial charge on any atom is 0.200 e. The lowest BCUT2D eigenvalue weighted by Gasteiger charge is -2.05. The molecule has 1 unspecified atom stereocenters. The Kier molecular flexibility index (Phi) is 1.91. The van der Waals surface area contributed by atoms with Crippen molar-refractivity contribution in [3.63, 3.8) is 0 Å². The number of aromatic nitrogens is 4. The Hall–Kier alpha value is -1.54. The molecule has 0 amide bonds. The first kappa shape index (κ1) is 8.08. The van der Waals surface area contributed by atoms with Crippen LogP contribution in [0.5, 0.6) is 0 Å². The summed E-state index contributed by atoms with van der Waals surface area (Å²) in [7, 11) is 0. The lowest BCUT2D eigenvalue weighted by Crippen LogP contribution is -2.12. The number of hydrogen-bond acceptors (Lipinski definition) is 6. The van der Waals surface area contributed by atoms with Crippen molar-refractivity contribution in [2.75, 3.05) is 0 Å². The van der Waals surface area contributed by atoms with Crippen LogP contribution in [0, 0.1) is 0 Å². The molecule has 0 aliphatic rings. The van der Waals surface area contributed by atoms with Crippen LogP contribution in [0.25, 0.3) is 11.2 Å². The molecule has 7 nitrogen and oxygen atoms in total. The van der Waals surface area contributed by atoms with Gasteiger partial charge in [0.05, 0.1) is 6.20 Å². The highest BCUT2D eigenvalue weighted by atomic mass is 32.2. The largest absolute Gasteiger partial charge is 0.738 e. The van der Waals surface area contributed by atoms with Crippen molar-refractivity contribution in [1.82, 2.24) is 19.7 Å². The maximum absolute atomic E-state index is 10.2. The zero-order valence-corrected chi connectivity index (χ0v) is 6.97. The van der Waals surface area contributed by atoms with Gasteiger partial charge in [-0.25, -0.2) is 19.2 Å². The first-order valence-corrected chi connectivity index (χ1v) is 4.18. The van der Waals surface area contributed by atoms with E-state index in [0.717, 1.165) is 4.73 Å². The molecule has 0 radical (unpaired) electrons. The van der Waals surface area contributed by atoms with E-state index in [1.165, 1.54) is 18.9 Å². The van der Waals surface area contributed by atoms with Crippen molar-refractivity contribution >= 4 is 22.5 Å². The Morgan fingerprint density at radius 3 is 3.15 bits per heavy atom. The molecule has 0 aromatic carbocycles. The Balaban J connectivity index is 2.51. The highest BCUT2D eigenvalue weighted by Gasteiger charge is 2.03. The lowest BCUT2D eigenvalue weighted by atomic mass is 10.6. The number of imidazole rings is 1. The number of hydrogen-bond donors (Lipinski definition) is 0. The Morgan fingerprint density at radius 1 is 1.54 bits per heavy atom.